The normalized spacial score (nSPS) is 27.8. The zero-order chi connectivity index (χ0) is 18.3. The molecule has 0 spiro atoms. The molecule has 5 nitrogen and oxygen atoms in total. The van der Waals surface area contributed by atoms with E-state index in [1.165, 1.54) is 42.7 Å². The topological polar surface area (TPSA) is 60.9 Å². The SMILES string of the molecule is CS(=O)(=O)N1CCc2cc([C@H](O)CN3CC[C@@H]4CCCC[C@@H]4C3)ccc21. The molecule has 1 aromatic rings. The van der Waals surface area contributed by atoms with Gasteiger partial charge in [0.1, 0.15) is 0 Å². The van der Waals surface area contributed by atoms with Crippen LogP contribution in [0.25, 0.3) is 0 Å². The first kappa shape index (κ1) is 18.3. The van der Waals surface area contributed by atoms with Crippen molar-refractivity contribution in [3.8, 4) is 0 Å². The van der Waals surface area contributed by atoms with Gasteiger partial charge in [-0.15, -0.1) is 0 Å². The summed E-state index contributed by atoms with van der Waals surface area (Å²) in [6.45, 7) is 3.39. The van der Waals surface area contributed by atoms with Gasteiger partial charge in [0.05, 0.1) is 18.0 Å². The lowest BCUT2D eigenvalue weighted by Crippen LogP contribution is -2.43. The van der Waals surface area contributed by atoms with Crippen molar-refractivity contribution < 1.29 is 13.5 Å². The van der Waals surface area contributed by atoms with E-state index in [2.05, 4.69) is 4.90 Å². The number of rotatable bonds is 4. The molecule has 0 bridgehead atoms. The molecule has 1 N–H and O–H groups in total. The maximum atomic E-state index is 11.9. The molecule has 1 saturated heterocycles. The molecular formula is C20H30N2O3S. The molecule has 3 atom stereocenters. The van der Waals surface area contributed by atoms with Crippen LogP contribution >= 0.6 is 0 Å². The molecule has 1 aromatic carbocycles. The largest absolute Gasteiger partial charge is 0.387 e. The lowest BCUT2D eigenvalue weighted by Gasteiger charge is -2.41. The highest BCUT2D eigenvalue weighted by molar-refractivity contribution is 7.92. The first-order chi connectivity index (χ1) is 12.4. The van der Waals surface area contributed by atoms with E-state index in [4.69, 9.17) is 0 Å². The van der Waals surface area contributed by atoms with E-state index in [-0.39, 0.29) is 0 Å². The van der Waals surface area contributed by atoms with E-state index in [0.717, 1.165) is 48.2 Å². The predicted octanol–water partition coefficient (Wildman–Crippen LogP) is 2.55. The van der Waals surface area contributed by atoms with Crippen LogP contribution in [0.5, 0.6) is 0 Å². The van der Waals surface area contributed by atoms with Gasteiger partial charge < -0.3 is 10.0 Å². The summed E-state index contributed by atoms with van der Waals surface area (Å²) in [7, 11) is -3.22. The molecule has 6 heteroatoms. The average molecular weight is 379 g/mol. The van der Waals surface area contributed by atoms with Gasteiger partial charge in [-0.2, -0.15) is 0 Å². The Labute approximate surface area is 157 Å². The van der Waals surface area contributed by atoms with Gasteiger partial charge in [0.2, 0.25) is 10.0 Å². The molecule has 144 valence electrons. The van der Waals surface area contributed by atoms with Gasteiger partial charge in [0.15, 0.2) is 0 Å². The smallest absolute Gasteiger partial charge is 0.232 e. The Morgan fingerprint density at radius 3 is 2.69 bits per heavy atom. The molecule has 0 amide bonds. The van der Waals surface area contributed by atoms with E-state index in [9.17, 15) is 13.5 Å². The van der Waals surface area contributed by atoms with E-state index in [1.807, 2.05) is 18.2 Å². The number of aliphatic hydroxyl groups is 1. The third-order valence-corrected chi connectivity index (χ3v) is 7.73. The second-order valence-electron chi connectivity index (χ2n) is 8.34. The molecule has 0 unspecified atom stereocenters. The van der Waals surface area contributed by atoms with Crippen molar-refractivity contribution in [1.29, 1.82) is 0 Å². The standard InChI is InChI=1S/C20H30N2O3S/c1-26(24,25)22-11-9-16-12-17(6-7-19(16)22)20(23)14-21-10-8-15-4-2-3-5-18(15)13-21/h6-7,12,15,18,20,23H,2-5,8-11,13-14H2,1H3/t15-,18+,20+/m0/s1. The molecule has 3 aliphatic rings. The summed E-state index contributed by atoms with van der Waals surface area (Å²) >= 11 is 0. The van der Waals surface area contributed by atoms with Gasteiger partial charge in [-0.1, -0.05) is 31.4 Å². The van der Waals surface area contributed by atoms with Crippen molar-refractivity contribution in [3.63, 3.8) is 0 Å². The second-order valence-corrected chi connectivity index (χ2v) is 10.2. The summed E-state index contributed by atoms with van der Waals surface area (Å²) in [5.74, 6) is 1.71. The van der Waals surface area contributed by atoms with Crippen molar-refractivity contribution in [1.82, 2.24) is 4.90 Å². The number of β-amino-alcohol motifs (C(OH)–C–C–N with tert-alkyl or cyclic N) is 1. The van der Waals surface area contributed by atoms with Crippen LogP contribution in [0.4, 0.5) is 5.69 Å². The van der Waals surface area contributed by atoms with Crippen molar-refractivity contribution in [3.05, 3.63) is 29.3 Å². The number of piperidine rings is 1. The molecule has 1 saturated carbocycles. The third kappa shape index (κ3) is 3.64. The molecule has 2 heterocycles. The summed E-state index contributed by atoms with van der Waals surface area (Å²) < 4.78 is 25.2. The number of hydrogen-bond acceptors (Lipinski definition) is 4. The molecule has 26 heavy (non-hydrogen) atoms. The highest BCUT2D eigenvalue weighted by Crippen LogP contribution is 2.37. The summed E-state index contributed by atoms with van der Waals surface area (Å²) in [6, 6.07) is 5.74. The Bertz CT molecular complexity index is 764. The number of benzene rings is 1. The van der Waals surface area contributed by atoms with Gasteiger partial charge >= 0.3 is 0 Å². The third-order valence-electron chi connectivity index (χ3n) is 6.55. The van der Waals surface area contributed by atoms with Crippen LogP contribution < -0.4 is 4.31 Å². The van der Waals surface area contributed by atoms with Crippen LogP contribution in [-0.4, -0.2) is 50.9 Å². The zero-order valence-electron chi connectivity index (χ0n) is 15.6. The number of fused-ring (bicyclic) bond motifs is 2. The first-order valence-electron chi connectivity index (χ1n) is 9.93. The lowest BCUT2D eigenvalue weighted by molar-refractivity contribution is 0.0459. The summed E-state index contributed by atoms with van der Waals surface area (Å²) in [5.41, 5.74) is 2.70. The molecule has 0 aromatic heterocycles. The fraction of sp³-hybridized carbons (Fsp3) is 0.700. The minimum Gasteiger partial charge on any atom is -0.387 e. The minimum atomic E-state index is -3.22. The van der Waals surface area contributed by atoms with Gasteiger partial charge in [0, 0.05) is 19.6 Å². The van der Waals surface area contributed by atoms with Gasteiger partial charge in [-0.05, 0) is 54.8 Å². The van der Waals surface area contributed by atoms with Crippen LogP contribution in [0.1, 0.15) is 49.3 Å². The van der Waals surface area contributed by atoms with E-state index in [0.29, 0.717) is 13.1 Å². The predicted molar refractivity (Wildman–Crippen MR) is 104 cm³/mol. The molecule has 2 aliphatic heterocycles. The Kier molecular flexibility index (Phi) is 5.01. The molecule has 1 aliphatic carbocycles. The van der Waals surface area contributed by atoms with Gasteiger partial charge in [-0.3, -0.25) is 4.31 Å². The number of likely N-dealkylation sites (tertiary alicyclic amines) is 1. The van der Waals surface area contributed by atoms with Gasteiger partial charge in [0.25, 0.3) is 0 Å². The molecule has 2 fully saturated rings. The number of nitrogens with zero attached hydrogens (tertiary/aromatic N) is 2. The summed E-state index contributed by atoms with van der Waals surface area (Å²) in [6.07, 6.45) is 8.22. The maximum Gasteiger partial charge on any atom is 0.232 e. The highest BCUT2D eigenvalue weighted by atomic mass is 32.2. The first-order valence-corrected chi connectivity index (χ1v) is 11.8. The Hall–Kier alpha value is -1.11. The maximum absolute atomic E-state index is 11.9. The van der Waals surface area contributed by atoms with E-state index >= 15 is 0 Å². The fourth-order valence-corrected chi connectivity index (χ4v) is 6.09. The van der Waals surface area contributed by atoms with Crippen molar-refractivity contribution in [2.75, 3.05) is 36.7 Å². The molecule has 0 radical (unpaired) electrons. The highest BCUT2D eigenvalue weighted by Gasteiger charge is 2.32. The van der Waals surface area contributed by atoms with Crippen molar-refractivity contribution in [2.45, 2.75) is 44.6 Å². The second kappa shape index (κ2) is 7.13. The zero-order valence-corrected chi connectivity index (χ0v) is 16.4. The Balaban J connectivity index is 1.42. The minimum absolute atomic E-state index is 0.503. The number of hydrogen-bond donors (Lipinski definition) is 1. The molecular weight excluding hydrogens is 348 g/mol. The number of sulfonamides is 1. The quantitative estimate of drug-likeness (QED) is 0.875. The molecule has 4 rings (SSSR count). The van der Waals surface area contributed by atoms with Crippen LogP contribution in [0, 0.1) is 11.8 Å². The monoisotopic (exact) mass is 378 g/mol. The van der Waals surface area contributed by atoms with E-state index < -0.39 is 16.1 Å². The Morgan fingerprint density at radius 2 is 1.92 bits per heavy atom. The summed E-state index contributed by atoms with van der Waals surface area (Å²) in [5, 5.41) is 10.8. The van der Waals surface area contributed by atoms with Crippen molar-refractivity contribution in [2.24, 2.45) is 11.8 Å². The van der Waals surface area contributed by atoms with Gasteiger partial charge in [-0.25, -0.2) is 8.42 Å². The number of aliphatic hydroxyl groups excluding tert-OH is 1. The fourth-order valence-electron chi connectivity index (χ4n) is 5.14. The average Bonchev–Trinajstić information content (AvgIpc) is 3.05. The summed E-state index contributed by atoms with van der Waals surface area (Å²) in [4.78, 5) is 2.42. The van der Waals surface area contributed by atoms with Crippen LogP contribution in [0.2, 0.25) is 0 Å². The van der Waals surface area contributed by atoms with Crippen LogP contribution in [0.15, 0.2) is 18.2 Å². The lowest BCUT2D eigenvalue weighted by atomic mass is 9.75. The van der Waals surface area contributed by atoms with Crippen molar-refractivity contribution >= 4 is 15.7 Å². The Morgan fingerprint density at radius 1 is 1.15 bits per heavy atom. The number of anilines is 1. The van der Waals surface area contributed by atoms with Crippen LogP contribution in [0.3, 0.4) is 0 Å². The van der Waals surface area contributed by atoms with E-state index in [1.54, 1.807) is 0 Å². The van der Waals surface area contributed by atoms with Crippen LogP contribution in [-0.2, 0) is 16.4 Å².